The highest BCUT2D eigenvalue weighted by atomic mass is 35.5. The fourth-order valence-corrected chi connectivity index (χ4v) is 1.71. The summed E-state index contributed by atoms with van der Waals surface area (Å²) in [6, 6.07) is 0. The van der Waals surface area contributed by atoms with E-state index in [0.717, 1.165) is 0 Å². The Morgan fingerprint density at radius 1 is 1.14 bits per heavy atom. The van der Waals surface area contributed by atoms with Gasteiger partial charge in [0.2, 0.25) is 5.78 Å². The summed E-state index contributed by atoms with van der Waals surface area (Å²) in [4.78, 5) is 23.3. The number of methoxy groups -OCH3 is 1. The lowest BCUT2D eigenvalue weighted by Gasteiger charge is -2.17. The molecule has 0 aromatic rings. The normalized spacial score (nSPS) is 18.0. The largest absolute Gasteiger partial charge is 0.492 e. The highest BCUT2D eigenvalue weighted by Gasteiger charge is 2.30. The molecule has 1 aliphatic carbocycles. The van der Waals surface area contributed by atoms with Gasteiger partial charge in [-0.3, -0.25) is 9.59 Å². The number of rotatable bonds is 2. The van der Waals surface area contributed by atoms with Crippen LogP contribution in [0.15, 0.2) is 22.5 Å². The lowest BCUT2D eigenvalue weighted by molar-refractivity contribution is -0.118. The third kappa shape index (κ3) is 1.48. The first-order chi connectivity index (χ1) is 6.54. The number of hydrogen-bond acceptors (Lipinski definition) is 3. The van der Waals surface area contributed by atoms with Crippen LogP contribution >= 0.6 is 11.6 Å². The first-order valence-electron chi connectivity index (χ1n) is 4.14. The molecule has 1 rings (SSSR count). The predicted molar refractivity (Wildman–Crippen MR) is 53.1 cm³/mol. The van der Waals surface area contributed by atoms with Crippen LogP contribution in [0.1, 0.15) is 13.8 Å². The van der Waals surface area contributed by atoms with Crippen LogP contribution in [-0.2, 0) is 14.3 Å². The second kappa shape index (κ2) is 3.96. The van der Waals surface area contributed by atoms with Gasteiger partial charge in [-0.15, -0.1) is 11.6 Å². The molecule has 0 saturated carbocycles. The van der Waals surface area contributed by atoms with Gasteiger partial charge in [0.15, 0.2) is 11.5 Å². The predicted octanol–water partition coefficient (Wildman–Crippen LogP) is 1.61. The quantitative estimate of drug-likeness (QED) is 0.518. The van der Waals surface area contributed by atoms with E-state index < -0.39 is 0 Å². The Morgan fingerprint density at radius 3 is 2.14 bits per heavy atom. The molecular formula is C10H11ClO3. The van der Waals surface area contributed by atoms with E-state index in [0.29, 0.717) is 16.7 Å². The van der Waals surface area contributed by atoms with Gasteiger partial charge >= 0.3 is 0 Å². The second-order valence-corrected chi connectivity index (χ2v) is 3.32. The number of carbonyl (C=O) groups excluding carboxylic acids is 2. The molecule has 4 heteroatoms. The monoisotopic (exact) mass is 214 g/mol. The van der Waals surface area contributed by atoms with Gasteiger partial charge in [-0.2, -0.15) is 0 Å². The van der Waals surface area contributed by atoms with Gasteiger partial charge in [0.05, 0.1) is 13.0 Å². The molecule has 0 bridgehead atoms. The molecule has 0 unspecified atom stereocenters. The molecule has 0 radical (unpaired) electrons. The van der Waals surface area contributed by atoms with E-state index in [2.05, 4.69) is 0 Å². The minimum Gasteiger partial charge on any atom is -0.492 e. The first-order valence-corrected chi connectivity index (χ1v) is 4.68. The van der Waals surface area contributed by atoms with Gasteiger partial charge in [-0.1, -0.05) is 0 Å². The number of alkyl halides is 1. The maximum absolute atomic E-state index is 11.6. The molecule has 14 heavy (non-hydrogen) atoms. The summed E-state index contributed by atoms with van der Waals surface area (Å²) in [5.41, 5.74) is 1.08. The molecule has 0 spiro atoms. The van der Waals surface area contributed by atoms with Crippen molar-refractivity contribution in [2.45, 2.75) is 13.8 Å². The van der Waals surface area contributed by atoms with Crippen LogP contribution in [0.4, 0.5) is 0 Å². The summed E-state index contributed by atoms with van der Waals surface area (Å²) < 4.78 is 4.88. The molecule has 0 saturated heterocycles. The zero-order valence-corrected chi connectivity index (χ0v) is 9.07. The van der Waals surface area contributed by atoms with E-state index in [-0.39, 0.29) is 23.2 Å². The highest BCUT2D eigenvalue weighted by Crippen LogP contribution is 2.25. The van der Waals surface area contributed by atoms with E-state index in [1.54, 1.807) is 13.8 Å². The summed E-state index contributed by atoms with van der Waals surface area (Å²) in [6.07, 6.45) is 0. The molecule has 1 aliphatic rings. The number of ketones is 2. The minimum absolute atomic E-state index is 0.0603. The average Bonchev–Trinajstić information content (AvgIpc) is 2.17. The number of carbonyl (C=O) groups is 2. The Morgan fingerprint density at radius 2 is 1.71 bits per heavy atom. The van der Waals surface area contributed by atoms with Gasteiger partial charge in [-0.25, -0.2) is 0 Å². The standard InChI is InChI=1S/C10H11ClO3/c1-5-7(4-11)8(12)6(2)10(14-3)9(5)13/h4H2,1-3H3. The molecule has 3 nitrogen and oxygen atoms in total. The SMILES string of the molecule is COC1=C(C)C(=O)C(CCl)=C(C)C1=O. The fourth-order valence-electron chi connectivity index (χ4n) is 1.38. The van der Waals surface area contributed by atoms with Crippen molar-refractivity contribution < 1.29 is 14.3 Å². The van der Waals surface area contributed by atoms with Crippen LogP contribution in [0.25, 0.3) is 0 Å². The van der Waals surface area contributed by atoms with E-state index in [9.17, 15) is 9.59 Å². The maximum atomic E-state index is 11.6. The lowest BCUT2D eigenvalue weighted by Crippen LogP contribution is -2.23. The maximum Gasteiger partial charge on any atom is 0.224 e. The topological polar surface area (TPSA) is 43.4 Å². The molecule has 0 N–H and O–H groups in total. The van der Waals surface area contributed by atoms with Crippen LogP contribution in [0.5, 0.6) is 0 Å². The van der Waals surface area contributed by atoms with Crippen molar-refractivity contribution in [3.63, 3.8) is 0 Å². The van der Waals surface area contributed by atoms with Crippen molar-refractivity contribution >= 4 is 23.2 Å². The van der Waals surface area contributed by atoms with Crippen LogP contribution in [-0.4, -0.2) is 24.6 Å². The summed E-state index contributed by atoms with van der Waals surface area (Å²) in [6.45, 7) is 3.15. The van der Waals surface area contributed by atoms with Crippen molar-refractivity contribution in [3.8, 4) is 0 Å². The summed E-state index contributed by atoms with van der Waals surface area (Å²) in [5, 5.41) is 0. The Bertz CT molecular complexity index is 328. The molecule has 0 aliphatic heterocycles. The summed E-state index contributed by atoms with van der Waals surface area (Å²) in [5.74, 6) is -0.263. The van der Waals surface area contributed by atoms with Crippen molar-refractivity contribution in [2.24, 2.45) is 0 Å². The van der Waals surface area contributed by atoms with Gasteiger partial charge in [0.1, 0.15) is 0 Å². The van der Waals surface area contributed by atoms with Gasteiger partial charge in [-0.05, 0) is 13.8 Å². The van der Waals surface area contributed by atoms with Crippen LogP contribution < -0.4 is 0 Å². The minimum atomic E-state index is -0.250. The van der Waals surface area contributed by atoms with Crippen molar-refractivity contribution in [2.75, 3.05) is 13.0 Å². The van der Waals surface area contributed by atoms with E-state index in [4.69, 9.17) is 16.3 Å². The number of allylic oxidation sites excluding steroid dienone is 3. The fraction of sp³-hybridized carbons (Fsp3) is 0.400. The Kier molecular flexibility index (Phi) is 3.11. The zero-order valence-electron chi connectivity index (χ0n) is 8.31. The van der Waals surface area contributed by atoms with Crippen LogP contribution in [0.3, 0.4) is 0 Å². The molecule has 0 atom stereocenters. The first kappa shape index (κ1) is 11.0. The van der Waals surface area contributed by atoms with E-state index in [1.807, 2.05) is 0 Å². The molecule has 0 aromatic heterocycles. The smallest absolute Gasteiger partial charge is 0.224 e. The Labute approximate surface area is 87.4 Å². The number of ether oxygens (including phenoxy) is 1. The zero-order chi connectivity index (χ0) is 10.9. The molecule has 76 valence electrons. The van der Waals surface area contributed by atoms with Gasteiger partial charge in [0.25, 0.3) is 0 Å². The number of Topliss-reactive ketones (excluding diaryl/α,β-unsaturated/α-hetero) is 2. The number of halogens is 1. The molecule has 0 amide bonds. The van der Waals surface area contributed by atoms with Crippen molar-refractivity contribution in [1.29, 1.82) is 0 Å². The highest BCUT2D eigenvalue weighted by molar-refractivity contribution is 6.30. The van der Waals surface area contributed by atoms with Gasteiger partial charge < -0.3 is 4.74 Å². The van der Waals surface area contributed by atoms with E-state index >= 15 is 0 Å². The summed E-state index contributed by atoms with van der Waals surface area (Å²) in [7, 11) is 1.38. The van der Waals surface area contributed by atoms with Crippen molar-refractivity contribution in [1.82, 2.24) is 0 Å². The molecule has 0 heterocycles. The lowest BCUT2D eigenvalue weighted by atomic mass is 9.90. The number of hydrogen-bond donors (Lipinski definition) is 0. The van der Waals surface area contributed by atoms with Crippen LogP contribution in [0.2, 0.25) is 0 Å². The average molecular weight is 215 g/mol. The molecule has 0 aromatic carbocycles. The van der Waals surface area contributed by atoms with Crippen molar-refractivity contribution in [3.05, 3.63) is 22.5 Å². The second-order valence-electron chi connectivity index (χ2n) is 3.05. The summed E-state index contributed by atoms with van der Waals surface area (Å²) >= 11 is 5.60. The van der Waals surface area contributed by atoms with Crippen LogP contribution in [0, 0.1) is 0 Å². The van der Waals surface area contributed by atoms with E-state index in [1.165, 1.54) is 7.11 Å². The third-order valence-electron chi connectivity index (χ3n) is 2.29. The molecule has 0 fully saturated rings. The molecular weight excluding hydrogens is 204 g/mol. The van der Waals surface area contributed by atoms with Gasteiger partial charge in [0, 0.05) is 16.7 Å². The Hall–Kier alpha value is -1.09. The third-order valence-corrected chi connectivity index (χ3v) is 2.56. The Balaban J connectivity index is 3.28.